The Bertz CT molecular complexity index is 2280. The fraction of sp³-hybridized carbons (Fsp3) is 0.438. The van der Waals surface area contributed by atoms with Crippen LogP contribution in [0, 0.1) is 0 Å². The lowest BCUT2D eigenvalue weighted by atomic mass is 10.1. The summed E-state index contributed by atoms with van der Waals surface area (Å²) in [6.07, 6.45) is 33.6. The summed E-state index contributed by atoms with van der Waals surface area (Å²) in [7, 11) is 0. The fourth-order valence-electron chi connectivity index (χ4n) is 8.39. The number of carbonyl (C=O) groups is 4. The van der Waals surface area contributed by atoms with Gasteiger partial charge >= 0.3 is 23.9 Å². The highest BCUT2D eigenvalue weighted by atomic mass is 16.5. The second-order valence-corrected chi connectivity index (χ2v) is 19.2. The van der Waals surface area contributed by atoms with Crippen LogP contribution >= 0.6 is 0 Å². The van der Waals surface area contributed by atoms with Crippen LogP contribution in [-0.4, -0.2) is 49.5 Å². The minimum absolute atomic E-state index is 0.212. The molecule has 0 N–H and O–H groups in total. The topological polar surface area (TPSA) is 130 Å². The van der Waals surface area contributed by atoms with Crippen molar-refractivity contribution in [1.82, 2.24) is 0 Å². The van der Waals surface area contributed by atoms with Gasteiger partial charge in [0.15, 0.2) is 0 Å². The molecule has 394 valence electrons. The molecule has 0 aromatic heterocycles. The minimum atomic E-state index is -0.583. The number of rotatable bonds is 36. The Morgan fingerprint density at radius 3 is 0.959 bits per heavy atom. The van der Waals surface area contributed by atoms with E-state index in [0.717, 1.165) is 36.8 Å². The lowest BCUT2D eigenvalue weighted by Gasteiger charge is -2.08. The predicted molar refractivity (Wildman–Crippen MR) is 299 cm³/mol. The number of esters is 4. The molecular weight excluding hydrogens is 925 g/mol. The maximum absolute atomic E-state index is 13.0. The third-order valence-electron chi connectivity index (χ3n) is 12.9. The van der Waals surface area contributed by atoms with E-state index in [0.29, 0.717) is 46.8 Å². The van der Waals surface area contributed by atoms with Gasteiger partial charge in [-0.2, -0.15) is 0 Å². The number of hydrogen-bond donors (Lipinski definition) is 0. The standard InChI is InChI=1S/C64H80N2O8/c1-3-5-7-9-11-13-15-17-19-21-23-25-46-71-61(67)53-34-30-51(31-35-53)49-65-57-42-38-55(39-43-57)63(69)73-59-28-27-29-60(48-59)74-64(70)56-40-44-58(45-41-56)66-50-52-32-36-54(37-33-52)62(68)72-47-26-24-22-20-18-16-14-12-10-8-6-4-2/h27-45,48-50H,3-26,46-47H2,1-2H3. The van der Waals surface area contributed by atoms with Crippen molar-refractivity contribution < 1.29 is 38.1 Å². The van der Waals surface area contributed by atoms with Crippen molar-refractivity contribution >= 4 is 47.7 Å². The van der Waals surface area contributed by atoms with Crippen LogP contribution in [0.5, 0.6) is 11.5 Å². The van der Waals surface area contributed by atoms with Crippen molar-refractivity contribution in [2.75, 3.05) is 13.2 Å². The van der Waals surface area contributed by atoms with Gasteiger partial charge in [-0.25, -0.2) is 19.2 Å². The van der Waals surface area contributed by atoms with Gasteiger partial charge in [0, 0.05) is 18.5 Å². The van der Waals surface area contributed by atoms with Crippen molar-refractivity contribution in [3.63, 3.8) is 0 Å². The highest BCUT2D eigenvalue weighted by Crippen LogP contribution is 2.24. The van der Waals surface area contributed by atoms with E-state index < -0.39 is 11.9 Å². The van der Waals surface area contributed by atoms with Crippen molar-refractivity contribution in [2.24, 2.45) is 9.98 Å². The van der Waals surface area contributed by atoms with E-state index in [4.69, 9.17) is 18.9 Å². The summed E-state index contributed by atoms with van der Waals surface area (Å²) in [6.45, 7) is 5.37. The predicted octanol–water partition coefficient (Wildman–Crippen LogP) is 17.3. The van der Waals surface area contributed by atoms with Gasteiger partial charge in [0.1, 0.15) is 11.5 Å². The zero-order valence-electron chi connectivity index (χ0n) is 44.2. The molecule has 74 heavy (non-hydrogen) atoms. The van der Waals surface area contributed by atoms with Crippen LogP contribution in [-0.2, 0) is 9.47 Å². The molecule has 5 aromatic rings. The normalized spacial score (nSPS) is 11.3. The zero-order valence-corrected chi connectivity index (χ0v) is 44.2. The number of aliphatic imine (C=N–C) groups is 2. The first kappa shape index (κ1) is 58.2. The smallest absolute Gasteiger partial charge is 0.343 e. The largest absolute Gasteiger partial charge is 0.462 e. The molecule has 0 atom stereocenters. The third kappa shape index (κ3) is 23.5. The van der Waals surface area contributed by atoms with Gasteiger partial charge in [-0.1, -0.05) is 185 Å². The van der Waals surface area contributed by atoms with Crippen LogP contribution in [0.2, 0.25) is 0 Å². The van der Waals surface area contributed by atoms with Gasteiger partial charge in [0.25, 0.3) is 0 Å². The molecule has 0 aliphatic heterocycles. The first-order valence-corrected chi connectivity index (χ1v) is 27.7. The summed E-state index contributed by atoms with van der Waals surface area (Å²) in [5.41, 5.74) is 4.52. The van der Waals surface area contributed by atoms with Gasteiger partial charge in [0.05, 0.1) is 46.8 Å². The summed E-state index contributed by atoms with van der Waals surface area (Å²) in [4.78, 5) is 60.2. The van der Waals surface area contributed by atoms with Gasteiger partial charge in [-0.3, -0.25) is 9.98 Å². The van der Waals surface area contributed by atoms with Crippen molar-refractivity contribution in [3.05, 3.63) is 155 Å². The van der Waals surface area contributed by atoms with E-state index in [-0.39, 0.29) is 23.4 Å². The molecule has 0 fully saturated rings. The minimum Gasteiger partial charge on any atom is -0.462 e. The molecule has 10 nitrogen and oxygen atoms in total. The molecule has 0 aliphatic carbocycles. The first-order valence-electron chi connectivity index (χ1n) is 27.7. The fourth-order valence-corrected chi connectivity index (χ4v) is 8.39. The Labute approximate surface area is 441 Å². The summed E-state index contributed by atoms with van der Waals surface area (Å²) in [6, 6.07) is 33.9. The molecule has 0 amide bonds. The van der Waals surface area contributed by atoms with E-state index in [9.17, 15) is 19.2 Å². The SMILES string of the molecule is CCCCCCCCCCCCCCOC(=O)c1ccc(C=Nc2ccc(C(=O)Oc3cccc(OC(=O)c4ccc(N=Cc5ccc(C(=O)OCCCCCCCCCCCCCC)cc5)cc4)c3)cc2)cc1. The van der Waals surface area contributed by atoms with Gasteiger partial charge in [0.2, 0.25) is 0 Å². The monoisotopic (exact) mass is 1000 g/mol. The highest BCUT2D eigenvalue weighted by molar-refractivity contribution is 5.94. The summed E-state index contributed by atoms with van der Waals surface area (Å²) in [5.74, 6) is -1.39. The molecule has 0 aliphatic rings. The molecule has 0 saturated carbocycles. The Morgan fingerprint density at radius 1 is 0.351 bits per heavy atom. The van der Waals surface area contributed by atoms with Gasteiger partial charge in [-0.05, 0) is 109 Å². The first-order chi connectivity index (χ1) is 36.3. The van der Waals surface area contributed by atoms with Crippen LogP contribution in [0.25, 0.3) is 0 Å². The summed E-state index contributed by atoms with van der Waals surface area (Å²) >= 11 is 0. The molecule has 0 bridgehead atoms. The molecule has 0 heterocycles. The second-order valence-electron chi connectivity index (χ2n) is 19.2. The summed E-state index contributed by atoms with van der Waals surface area (Å²) < 4.78 is 22.2. The van der Waals surface area contributed by atoms with Gasteiger partial charge in [-0.15, -0.1) is 0 Å². The van der Waals surface area contributed by atoms with Crippen LogP contribution < -0.4 is 9.47 Å². The molecule has 5 rings (SSSR count). The van der Waals surface area contributed by atoms with Crippen LogP contribution in [0.3, 0.4) is 0 Å². The Hall–Kier alpha value is -6.68. The number of ether oxygens (including phenoxy) is 4. The van der Waals surface area contributed by atoms with E-state index in [1.807, 2.05) is 24.3 Å². The lowest BCUT2D eigenvalue weighted by Crippen LogP contribution is -2.10. The second kappa shape index (κ2) is 35.5. The number of hydrogen-bond acceptors (Lipinski definition) is 10. The van der Waals surface area contributed by atoms with E-state index in [1.54, 1.807) is 103 Å². The quantitative estimate of drug-likeness (QED) is 0.0168. The molecule has 10 heteroatoms. The Kier molecular flexibility index (Phi) is 27.9. The van der Waals surface area contributed by atoms with Crippen molar-refractivity contribution in [2.45, 2.75) is 168 Å². The lowest BCUT2D eigenvalue weighted by molar-refractivity contribution is 0.0488. The highest BCUT2D eigenvalue weighted by Gasteiger charge is 2.13. The molecular formula is C64H80N2O8. The number of unbranched alkanes of at least 4 members (excludes halogenated alkanes) is 22. The van der Waals surface area contributed by atoms with E-state index >= 15 is 0 Å². The van der Waals surface area contributed by atoms with Crippen molar-refractivity contribution in [3.8, 4) is 11.5 Å². The Balaban J connectivity index is 0.954. The van der Waals surface area contributed by atoms with Crippen molar-refractivity contribution in [1.29, 1.82) is 0 Å². The van der Waals surface area contributed by atoms with Crippen LogP contribution in [0.1, 0.15) is 221 Å². The molecule has 5 aromatic carbocycles. The third-order valence-corrected chi connectivity index (χ3v) is 12.9. The zero-order chi connectivity index (χ0) is 52.3. The number of benzene rings is 5. The molecule has 0 unspecified atom stereocenters. The molecule has 0 saturated heterocycles. The van der Waals surface area contributed by atoms with Crippen LogP contribution in [0.15, 0.2) is 131 Å². The summed E-state index contributed by atoms with van der Waals surface area (Å²) in [5, 5.41) is 0. The molecule has 0 spiro atoms. The Morgan fingerprint density at radius 2 is 0.635 bits per heavy atom. The number of carbonyl (C=O) groups excluding carboxylic acids is 4. The maximum atomic E-state index is 13.0. The molecule has 0 radical (unpaired) electrons. The van der Waals surface area contributed by atoms with Crippen LogP contribution in [0.4, 0.5) is 11.4 Å². The maximum Gasteiger partial charge on any atom is 0.343 e. The average molecular weight is 1010 g/mol. The van der Waals surface area contributed by atoms with E-state index in [1.165, 1.54) is 134 Å². The van der Waals surface area contributed by atoms with E-state index in [2.05, 4.69) is 23.8 Å². The average Bonchev–Trinajstić information content (AvgIpc) is 3.42. The number of nitrogens with zero attached hydrogens (tertiary/aromatic N) is 2. The van der Waals surface area contributed by atoms with Gasteiger partial charge < -0.3 is 18.9 Å².